The van der Waals surface area contributed by atoms with Crippen LogP contribution in [-0.2, 0) is 15.1 Å². The maximum Gasteiger partial charge on any atom is 0.133 e. The van der Waals surface area contributed by atoms with Crippen molar-refractivity contribution in [3.8, 4) is 0 Å². The van der Waals surface area contributed by atoms with Crippen molar-refractivity contribution in [2.24, 2.45) is 0 Å². The highest BCUT2D eigenvalue weighted by Crippen LogP contribution is 2.39. The van der Waals surface area contributed by atoms with E-state index >= 15 is 0 Å². The molecule has 0 spiro atoms. The second-order valence-electron chi connectivity index (χ2n) is 4.24. The molecule has 1 saturated carbocycles. The zero-order valence-corrected chi connectivity index (χ0v) is 10.1. The summed E-state index contributed by atoms with van der Waals surface area (Å²) < 4.78 is 5.66. The lowest BCUT2D eigenvalue weighted by Gasteiger charge is -2.36. The minimum Gasteiger partial charge on any atom is -0.374 e. The Morgan fingerprint density at radius 3 is 2.25 bits per heavy atom. The van der Waals surface area contributed by atoms with Crippen molar-refractivity contribution in [3.05, 3.63) is 34.9 Å². The van der Waals surface area contributed by atoms with Crippen LogP contribution in [0.5, 0.6) is 0 Å². The van der Waals surface area contributed by atoms with Gasteiger partial charge in [0.2, 0.25) is 0 Å². The van der Waals surface area contributed by atoms with Crippen LogP contribution in [0.4, 0.5) is 0 Å². The summed E-state index contributed by atoms with van der Waals surface area (Å²) in [7, 11) is 1.71. The van der Waals surface area contributed by atoms with E-state index in [1.54, 1.807) is 7.11 Å². The molecule has 0 aliphatic heterocycles. The fourth-order valence-corrected chi connectivity index (χ4v) is 2.42. The van der Waals surface area contributed by atoms with Gasteiger partial charge < -0.3 is 4.74 Å². The zero-order chi connectivity index (χ0) is 11.6. The molecule has 0 bridgehead atoms. The van der Waals surface area contributed by atoms with Gasteiger partial charge in [-0.15, -0.1) is 0 Å². The van der Waals surface area contributed by atoms with Crippen LogP contribution in [0.3, 0.4) is 0 Å². The normalized spacial score (nSPS) is 19.8. The van der Waals surface area contributed by atoms with E-state index in [0.29, 0.717) is 18.6 Å². The second-order valence-corrected chi connectivity index (χ2v) is 4.68. The van der Waals surface area contributed by atoms with Crippen LogP contribution in [0.25, 0.3) is 0 Å². The summed E-state index contributed by atoms with van der Waals surface area (Å²) in [6.07, 6.45) is 2.75. The quantitative estimate of drug-likeness (QED) is 0.790. The van der Waals surface area contributed by atoms with E-state index in [-0.39, 0.29) is 5.60 Å². The van der Waals surface area contributed by atoms with Crippen LogP contribution in [-0.4, -0.2) is 12.9 Å². The number of carbonyl (C=O) groups is 1. The lowest BCUT2D eigenvalue weighted by molar-refractivity contribution is -0.127. The number of hydrogen-bond donors (Lipinski definition) is 0. The molecular formula is C13H15ClO2. The van der Waals surface area contributed by atoms with Crippen molar-refractivity contribution in [2.75, 3.05) is 7.11 Å². The van der Waals surface area contributed by atoms with Crippen molar-refractivity contribution in [2.45, 2.75) is 31.3 Å². The van der Waals surface area contributed by atoms with Gasteiger partial charge in [0.1, 0.15) is 5.78 Å². The van der Waals surface area contributed by atoms with E-state index in [9.17, 15) is 4.79 Å². The molecule has 86 valence electrons. The van der Waals surface area contributed by atoms with Crippen LogP contribution < -0.4 is 0 Å². The highest BCUT2D eigenvalue weighted by atomic mass is 35.5. The Hall–Kier alpha value is -0.860. The molecule has 0 unspecified atom stereocenters. The molecule has 3 heteroatoms. The number of rotatable bonds is 2. The fourth-order valence-electron chi connectivity index (χ4n) is 2.30. The second kappa shape index (κ2) is 4.56. The maximum atomic E-state index is 11.3. The topological polar surface area (TPSA) is 26.3 Å². The molecule has 1 fully saturated rings. The molecule has 2 rings (SSSR count). The number of ether oxygens (including phenoxy) is 1. The molecule has 1 aromatic rings. The Morgan fingerprint density at radius 1 is 1.19 bits per heavy atom. The van der Waals surface area contributed by atoms with Crippen LogP contribution in [0.1, 0.15) is 31.2 Å². The van der Waals surface area contributed by atoms with E-state index < -0.39 is 0 Å². The first-order valence-corrected chi connectivity index (χ1v) is 5.87. The monoisotopic (exact) mass is 238 g/mol. The number of hydrogen-bond acceptors (Lipinski definition) is 2. The van der Waals surface area contributed by atoms with E-state index in [0.717, 1.165) is 23.4 Å². The van der Waals surface area contributed by atoms with Crippen LogP contribution in [0.2, 0.25) is 5.02 Å². The van der Waals surface area contributed by atoms with E-state index in [1.165, 1.54) is 0 Å². The van der Waals surface area contributed by atoms with Gasteiger partial charge in [0, 0.05) is 25.0 Å². The van der Waals surface area contributed by atoms with Crippen molar-refractivity contribution >= 4 is 17.4 Å². The first kappa shape index (κ1) is 11.6. The number of halogens is 1. The van der Waals surface area contributed by atoms with Crippen molar-refractivity contribution in [3.63, 3.8) is 0 Å². The third kappa shape index (κ3) is 2.13. The van der Waals surface area contributed by atoms with Gasteiger partial charge in [-0.3, -0.25) is 4.79 Å². The number of benzene rings is 1. The van der Waals surface area contributed by atoms with Crippen molar-refractivity contribution in [1.82, 2.24) is 0 Å². The first-order valence-electron chi connectivity index (χ1n) is 5.49. The molecule has 0 heterocycles. The van der Waals surface area contributed by atoms with Gasteiger partial charge in [0.25, 0.3) is 0 Å². The van der Waals surface area contributed by atoms with Crippen molar-refractivity contribution < 1.29 is 9.53 Å². The summed E-state index contributed by atoms with van der Waals surface area (Å²) in [6, 6.07) is 7.71. The standard InChI is InChI=1S/C13H15ClO2/c1-16-13(8-6-12(15)7-9-13)10-2-4-11(14)5-3-10/h2-5H,6-9H2,1H3. The fraction of sp³-hybridized carbons (Fsp3) is 0.462. The van der Waals surface area contributed by atoms with Crippen LogP contribution in [0, 0.1) is 0 Å². The Balaban J connectivity index is 2.27. The highest BCUT2D eigenvalue weighted by Gasteiger charge is 2.36. The molecule has 0 saturated heterocycles. The molecule has 1 aromatic carbocycles. The highest BCUT2D eigenvalue weighted by molar-refractivity contribution is 6.30. The van der Waals surface area contributed by atoms with Gasteiger partial charge >= 0.3 is 0 Å². The van der Waals surface area contributed by atoms with Crippen molar-refractivity contribution in [1.29, 1.82) is 0 Å². The van der Waals surface area contributed by atoms with Gasteiger partial charge in [-0.05, 0) is 30.5 Å². The van der Waals surface area contributed by atoms with Gasteiger partial charge in [-0.2, -0.15) is 0 Å². The largest absolute Gasteiger partial charge is 0.374 e. The molecule has 0 amide bonds. The Labute approximate surface area is 101 Å². The predicted octanol–water partition coefficient (Wildman–Crippen LogP) is 3.32. The molecule has 1 aliphatic rings. The molecule has 0 radical (unpaired) electrons. The number of carbonyl (C=O) groups excluding carboxylic acids is 1. The SMILES string of the molecule is COC1(c2ccc(Cl)cc2)CCC(=O)CC1. The Bertz CT molecular complexity index is 373. The third-order valence-electron chi connectivity index (χ3n) is 3.38. The first-order chi connectivity index (χ1) is 7.66. The van der Waals surface area contributed by atoms with Gasteiger partial charge in [-0.1, -0.05) is 23.7 Å². The number of methoxy groups -OCH3 is 1. The molecule has 0 atom stereocenters. The van der Waals surface area contributed by atoms with Crippen LogP contribution >= 0.6 is 11.6 Å². The van der Waals surface area contributed by atoms with Gasteiger partial charge in [0.05, 0.1) is 5.60 Å². The molecule has 2 nitrogen and oxygen atoms in total. The minimum atomic E-state index is -0.293. The lowest BCUT2D eigenvalue weighted by atomic mass is 9.79. The van der Waals surface area contributed by atoms with E-state index in [4.69, 9.17) is 16.3 Å². The van der Waals surface area contributed by atoms with E-state index in [2.05, 4.69) is 0 Å². The Kier molecular flexibility index (Phi) is 3.31. The maximum absolute atomic E-state index is 11.3. The molecule has 0 N–H and O–H groups in total. The summed E-state index contributed by atoms with van der Waals surface area (Å²) >= 11 is 5.87. The molecule has 0 aromatic heterocycles. The van der Waals surface area contributed by atoms with Crippen LogP contribution in [0.15, 0.2) is 24.3 Å². The summed E-state index contributed by atoms with van der Waals surface area (Å²) in [6.45, 7) is 0. The summed E-state index contributed by atoms with van der Waals surface area (Å²) in [5.74, 6) is 0.335. The third-order valence-corrected chi connectivity index (χ3v) is 3.63. The number of Topliss-reactive ketones (excluding diaryl/α,β-unsaturated/α-hetero) is 1. The Morgan fingerprint density at radius 2 is 1.75 bits per heavy atom. The summed E-state index contributed by atoms with van der Waals surface area (Å²) in [5, 5.41) is 0.724. The minimum absolute atomic E-state index is 0.293. The molecular weight excluding hydrogens is 224 g/mol. The smallest absolute Gasteiger partial charge is 0.133 e. The van der Waals surface area contributed by atoms with Gasteiger partial charge in [-0.25, -0.2) is 0 Å². The van der Waals surface area contributed by atoms with E-state index in [1.807, 2.05) is 24.3 Å². The summed E-state index contributed by atoms with van der Waals surface area (Å²) in [5.41, 5.74) is 0.824. The average Bonchev–Trinajstić information content (AvgIpc) is 2.32. The molecule has 16 heavy (non-hydrogen) atoms. The zero-order valence-electron chi connectivity index (χ0n) is 9.33. The molecule has 1 aliphatic carbocycles. The predicted molar refractivity (Wildman–Crippen MR) is 63.6 cm³/mol. The average molecular weight is 239 g/mol. The number of ketones is 1. The lowest BCUT2D eigenvalue weighted by Crippen LogP contribution is -2.33. The summed E-state index contributed by atoms with van der Waals surface area (Å²) in [4.78, 5) is 11.3. The van der Waals surface area contributed by atoms with Gasteiger partial charge in [0.15, 0.2) is 0 Å².